The first kappa shape index (κ1) is 18.2. The number of nitrogens with zero attached hydrogens (tertiary/aromatic N) is 1. The summed E-state index contributed by atoms with van der Waals surface area (Å²) in [5.41, 5.74) is -0.0713. The van der Waals surface area contributed by atoms with Crippen molar-refractivity contribution in [1.82, 2.24) is 4.90 Å². The standard InChI is InChI=1S/C18H33NO2/c1-8-12(3)15(18(5,6)7)17(21)19-11-10-14(9-2)16(19)13(4)20/h12,14-16H,8-11H2,1-7H3/t12?,14?,15-,16?/m1/s1. The predicted molar refractivity (Wildman–Crippen MR) is 87.0 cm³/mol. The van der Waals surface area contributed by atoms with Gasteiger partial charge in [0, 0.05) is 12.5 Å². The average Bonchev–Trinajstić information content (AvgIpc) is 2.80. The van der Waals surface area contributed by atoms with E-state index >= 15 is 0 Å². The Labute approximate surface area is 130 Å². The number of likely N-dealkylation sites (tertiary alicyclic amines) is 1. The Kier molecular flexibility index (Phi) is 6.01. The van der Waals surface area contributed by atoms with Crippen LogP contribution >= 0.6 is 0 Å². The van der Waals surface area contributed by atoms with Crippen LogP contribution in [0.25, 0.3) is 0 Å². The molecule has 1 fully saturated rings. The molecule has 1 saturated heterocycles. The monoisotopic (exact) mass is 295 g/mol. The summed E-state index contributed by atoms with van der Waals surface area (Å²) in [6.45, 7) is 15.2. The van der Waals surface area contributed by atoms with Gasteiger partial charge in [0.2, 0.25) is 5.91 Å². The molecule has 0 aromatic heterocycles. The normalized spacial score (nSPS) is 25.8. The summed E-state index contributed by atoms with van der Waals surface area (Å²) in [4.78, 5) is 27.1. The number of rotatable bonds is 5. The molecule has 1 aliphatic heterocycles. The molecule has 1 aliphatic rings. The Balaban J connectivity index is 3.06. The Morgan fingerprint density at radius 2 is 1.81 bits per heavy atom. The molecule has 1 rings (SSSR count). The maximum absolute atomic E-state index is 13.1. The van der Waals surface area contributed by atoms with Crippen molar-refractivity contribution in [1.29, 1.82) is 0 Å². The maximum atomic E-state index is 13.1. The van der Waals surface area contributed by atoms with Crippen molar-refractivity contribution in [3.8, 4) is 0 Å². The molecular weight excluding hydrogens is 262 g/mol. The fourth-order valence-electron chi connectivity index (χ4n) is 3.96. The molecule has 0 N–H and O–H groups in total. The minimum absolute atomic E-state index is 0.0139. The van der Waals surface area contributed by atoms with Crippen LogP contribution in [0.2, 0.25) is 0 Å². The minimum atomic E-state index is -0.198. The molecular formula is C18H33NO2. The molecule has 0 aliphatic carbocycles. The Morgan fingerprint density at radius 1 is 1.24 bits per heavy atom. The molecule has 0 saturated carbocycles. The summed E-state index contributed by atoms with van der Waals surface area (Å²) >= 11 is 0. The van der Waals surface area contributed by atoms with Crippen molar-refractivity contribution < 1.29 is 9.59 Å². The average molecular weight is 295 g/mol. The fraction of sp³-hybridized carbons (Fsp3) is 0.889. The third-order valence-electron chi connectivity index (χ3n) is 5.16. The van der Waals surface area contributed by atoms with Crippen molar-refractivity contribution in [2.24, 2.45) is 23.2 Å². The highest BCUT2D eigenvalue weighted by atomic mass is 16.2. The quantitative estimate of drug-likeness (QED) is 0.771. The zero-order valence-electron chi connectivity index (χ0n) is 14.9. The molecule has 1 amide bonds. The van der Waals surface area contributed by atoms with Crippen LogP contribution in [0.1, 0.15) is 67.7 Å². The number of Topliss-reactive ketones (excluding diaryl/α,β-unsaturated/α-hetero) is 1. The highest BCUT2D eigenvalue weighted by molar-refractivity contribution is 5.89. The lowest BCUT2D eigenvalue weighted by Gasteiger charge is -2.38. The van der Waals surface area contributed by atoms with E-state index in [2.05, 4.69) is 41.5 Å². The van der Waals surface area contributed by atoms with Gasteiger partial charge in [0.1, 0.15) is 0 Å². The van der Waals surface area contributed by atoms with E-state index in [4.69, 9.17) is 0 Å². The van der Waals surface area contributed by atoms with Gasteiger partial charge in [0.05, 0.1) is 6.04 Å². The second-order valence-corrected chi connectivity index (χ2v) is 7.77. The first-order valence-corrected chi connectivity index (χ1v) is 8.46. The van der Waals surface area contributed by atoms with E-state index in [-0.39, 0.29) is 29.1 Å². The van der Waals surface area contributed by atoms with E-state index in [1.54, 1.807) is 6.92 Å². The Hall–Kier alpha value is -0.860. The van der Waals surface area contributed by atoms with E-state index in [1.165, 1.54) is 0 Å². The third-order valence-corrected chi connectivity index (χ3v) is 5.16. The van der Waals surface area contributed by atoms with Gasteiger partial charge in [0.15, 0.2) is 5.78 Å². The zero-order valence-corrected chi connectivity index (χ0v) is 14.9. The number of hydrogen-bond acceptors (Lipinski definition) is 2. The maximum Gasteiger partial charge on any atom is 0.227 e. The van der Waals surface area contributed by atoms with Gasteiger partial charge in [-0.15, -0.1) is 0 Å². The van der Waals surface area contributed by atoms with E-state index in [0.717, 1.165) is 25.8 Å². The van der Waals surface area contributed by atoms with Gasteiger partial charge in [0.25, 0.3) is 0 Å². The molecule has 3 nitrogen and oxygen atoms in total. The molecule has 21 heavy (non-hydrogen) atoms. The first-order chi connectivity index (χ1) is 9.65. The molecule has 0 aromatic carbocycles. The van der Waals surface area contributed by atoms with Crippen molar-refractivity contribution in [2.75, 3.05) is 6.54 Å². The zero-order chi connectivity index (χ0) is 16.4. The summed E-state index contributed by atoms with van der Waals surface area (Å²) in [6, 6.07) is -0.198. The molecule has 122 valence electrons. The molecule has 0 aromatic rings. The Morgan fingerprint density at radius 3 is 2.19 bits per heavy atom. The van der Waals surface area contributed by atoms with Crippen molar-refractivity contribution in [3.63, 3.8) is 0 Å². The Bertz CT molecular complexity index is 383. The third kappa shape index (κ3) is 3.87. The van der Waals surface area contributed by atoms with Crippen LogP contribution in [0.3, 0.4) is 0 Å². The van der Waals surface area contributed by atoms with E-state index in [1.807, 2.05) is 4.90 Å². The number of hydrogen-bond donors (Lipinski definition) is 0. The fourth-order valence-corrected chi connectivity index (χ4v) is 3.96. The summed E-state index contributed by atoms with van der Waals surface area (Å²) in [7, 11) is 0. The predicted octanol–water partition coefficient (Wildman–Crippen LogP) is 3.91. The van der Waals surface area contributed by atoms with Crippen LogP contribution in [0.5, 0.6) is 0 Å². The lowest BCUT2D eigenvalue weighted by Crippen LogP contribution is -2.49. The summed E-state index contributed by atoms with van der Waals surface area (Å²) < 4.78 is 0. The number of ketones is 1. The van der Waals surface area contributed by atoms with Crippen molar-refractivity contribution in [3.05, 3.63) is 0 Å². The molecule has 4 atom stereocenters. The first-order valence-electron chi connectivity index (χ1n) is 8.46. The number of carbonyl (C=O) groups excluding carboxylic acids is 2. The number of amides is 1. The van der Waals surface area contributed by atoms with Gasteiger partial charge in [-0.1, -0.05) is 54.4 Å². The molecule has 0 spiro atoms. The van der Waals surface area contributed by atoms with Crippen molar-refractivity contribution >= 4 is 11.7 Å². The van der Waals surface area contributed by atoms with Gasteiger partial charge in [-0.25, -0.2) is 0 Å². The molecule has 0 bridgehead atoms. The summed E-state index contributed by atoms with van der Waals surface area (Å²) in [6.07, 6.45) is 2.92. The summed E-state index contributed by atoms with van der Waals surface area (Å²) in [5.74, 6) is 0.993. The van der Waals surface area contributed by atoms with Crippen LogP contribution in [0.4, 0.5) is 0 Å². The topological polar surface area (TPSA) is 37.4 Å². The van der Waals surface area contributed by atoms with Crippen LogP contribution in [-0.2, 0) is 9.59 Å². The lowest BCUT2D eigenvalue weighted by molar-refractivity contribution is -0.146. The van der Waals surface area contributed by atoms with E-state index in [0.29, 0.717) is 11.8 Å². The van der Waals surface area contributed by atoms with Gasteiger partial charge < -0.3 is 4.90 Å². The second kappa shape index (κ2) is 6.93. The lowest BCUT2D eigenvalue weighted by atomic mass is 9.72. The molecule has 3 heteroatoms. The van der Waals surface area contributed by atoms with Gasteiger partial charge in [-0.2, -0.15) is 0 Å². The van der Waals surface area contributed by atoms with E-state index < -0.39 is 0 Å². The number of carbonyl (C=O) groups is 2. The highest BCUT2D eigenvalue weighted by Gasteiger charge is 2.44. The van der Waals surface area contributed by atoms with Gasteiger partial charge in [-0.05, 0) is 30.6 Å². The van der Waals surface area contributed by atoms with Crippen molar-refractivity contribution in [2.45, 2.75) is 73.8 Å². The molecule has 1 heterocycles. The smallest absolute Gasteiger partial charge is 0.227 e. The molecule has 0 radical (unpaired) electrons. The SMILES string of the molecule is CCC1CCN(C(=O)[C@@H](C(C)CC)C(C)(C)C)C1C(C)=O. The minimum Gasteiger partial charge on any atom is -0.332 e. The second-order valence-electron chi connectivity index (χ2n) is 7.77. The highest BCUT2D eigenvalue weighted by Crippen LogP contribution is 2.38. The largest absolute Gasteiger partial charge is 0.332 e. The van der Waals surface area contributed by atoms with Crippen LogP contribution in [0, 0.1) is 23.2 Å². The van der Waals surface area contributed by atoms with Crippen LogP contribution in [0.15, 0.2) is 0 Å². The summed E-state index contributed by atoms with van der Waals surface area (Å²) in [5, 5.41) is 0. The van der Waals surface area contributed by atoms with E-state index in [9.17, 15) is 9.59 Å². The van der Waals surface area contributed by atoms with Gasteiger partial charge in [-0.3, -0.25) is 9.59 Å². The van der Waals surface area contributed by atoms with Crippen LogP contribution < -0.4 is 0 Å². The van der Waals surface area contributed by atoms with Crippen LogP contribution in [-0.4, -0.2) is 29.2 Å². The van der Waals surface area contributed by atoms with Gasteiger partial charge >= 0.3 is 0 Å². The molecule has 3 unspecified atom stereocenters.